The van der Waals surface area contributed by atoms with Crippen LogP contribution >= 0.6 is 0 Å². The summed E-state index contributed by atoms with van der Waals surface area (Å²) >= 11 is 0. The molecular weight excluding hydrogens is 90.1 g/mol. The smallest absolute Gasteiger partial charge is 0.177 e. The van der Waals surface area contributed by atoms with E-state index in [-0.39, 0.29) is 0 Å². The molecule has 0 saturated heterocycles. The van der Waals surface area contributed by atoms with E-state index in [1.165, 1.54) is 0 Å². The highest BCUT2D eigenvalue weighted by Gasteiger charge is 1.57. The summed E-state index contributed by atoms with van der Waals surface area (Å²) in [4.78, 5) is 0. The lowest BCUT2D eigenvalue weighted by Crippen LogP contribution is -1.66. The highest BCUT2D eigenvalue weighted by molar-refractivity contribution is 7.87. The maximum Gasteiger partial charge on any atom is 0.177 e. The third-order valence-corrected chi connectivity index (χ3v) is 0.316. The van der Waals surface area contributed by atoms with Gasteiger partial charge in [-0.3, -0.25) is 5.41 Å². The predicted molar refractivity (Wildman–Crippen MR) is 19.1 cm³/mol. The summed E-state index contributed by atoms with van der Waals surface area (Å²) in [5.41, 5.74) is 0.370. The first-order valence-electron chi connectivity index (χ1n) is 0.912. The topological polar surface area (TPSA) is 58.0 Å². The Balaban J connectivity index is 3.69. The molecule has 0 heterocycles. The Labute approximate surface area is 31.1 Å². The molecule has 4 heteroatoms. The van der Waals surface area contributed by atoms with Crippen LogP contribution in [0.2, 0.25) is 0 Å². The zero-order valence-corrected chi connectivity index (χ0v) is 3.24. The van der Waals surface area contributed by atoms with Crippen molar-refractivity contribution in [3.63, 3.8) is 0 Å². The van der Waals surface area contributed by atoms with Gasteiger partial charge in [-0.05, 0) is 0 Å². The predicted octanol–water partition coefficient (Wildman–Crippen LogP) is -0.795. The second-order valence-corrected chi connectivity index (χ2v) is 1.24. The third kappa shape index (κ3) is 3.62. The van der Waals surface area contributed by atoms with Crippen molar-refractivity contribution in [2.45, 2.75) is 0 Å². The molecule has 0 bridgehead atoms. The summed E-state index contributed by atoms with van der Waals surface area (Å²) in [6.45, 7) is 0. The lowest BCUT2D eigenvalue weighted by Gasteiger charge is -1.48. The van der Waals surface area contributed by atoms with Gasteiger partial charge < -0.3 is 0 Å². The van der Waals surface area contributed by atoms with Crippen molar-refractivity contribution in [1.82, 2.24) is 0 Å². The summed E-state index contributed by atoms with van der Waals surface area (Å²) < 4.78 is 18.3. The molecule has 1 N–H and O–H groups in total. The molecular formula is CH3NO2S. The van der Waals surface area contributed by atoms with Crippen LogP contribution in [0.25, 0.3) is 0 Å². The molecule has 0 unspecified atom stereocenters. The van der Waals surface area contributed by atoms with Crippen LogP contribution in [0.4, 0.5) is 0 Å². The number of thiol groups is 1. The van der Waals surface area contributed by atoms with E-state index in [2.05, 4.69) is 0 Å². The highest BCUT2D eigenvalue weighted by atomic mass is 32.2. The monoisotopic (exact) mass is 93.0 g/mol. The van der Waals surface area contributed by atoms with Crippen molar-refractivity contribution in [2.75, 3.05) is 0 Å². The molecule has 0 aliphatic rings. The Kier molecular flexibility index (Phi) is 1.75. The van der Waals surface area contributed by atoms with Gasteiger partial charge >= 0.3 is 0 Å². The van der Waals surface area contributed by atoms with Gasteiger partial charge in [0.05, 0.1) is 0 Å². The largest absolute Gasteiger partial charge is 0.297 e. The van der Waals surface area contributed by atoms with Crippen molar-refractivity contribution in [3.8, 4) is 0 Å². The van der Waals surface area contributed by atoms with E-state index in [1.54, 1.807) is 0 Å². The molecule has 0 radical (unpaired) electrons. The maximum absolute atomic E-state index is 9.16. The fourth-order valence-electron chi connectivity index (χ4n) is 0. The molecule has 5 heavy (non-hydrogen) atoms. The average Bonchev–Trinajstić information content (AvgIpc) is 1.38. The molecule has 0 aliphatic heterocycles. The molecule has 0 aromatic carbocycles. The van der Waals surface area contributed by atoms with E-state index >= 15 is 0 Å². The van der Waals surface area contributed by atoms with Gasteiger partial charge in [-0.1, -0.05) is 0 Å². The van der Waals surface area contributed by atoms with Gasteiger partial charge in [0.1, 0.15) is 5.55 Å². The summed E-state index contributed by atoms with van der Waals surface area (Å²) in [5, 5.41) is 5.94. The van der Waals surface area contributed by atoms with Gasteiger partial charge in [-0.25, -0.2) is 8.42 Å². The molecule has 0 rings (SSSR count). The molecule has 0 amide bonds. The number of rotatable bonds is 1. The molecule has 30 valence electrons. The summed E-state index contributed by atoms with van der Waals surface area (Å²) in [5.74, 6) is 0. The average molecular weight is 93.1 g/mol. The van der Waals surface area contributed by atoms with Gasteiger partial charge in [0.25, 0.3) is 0 Å². The van der Waals surface area contributed by atoms with Crippen LogP contribution in [0, 0.1) is 5.41 Å². The Morgan fingerprint density at radius 1 is 1.60 bits per heavy atom. The molecule has 0 atom stereocenters. The van der Waals surface area contributed by atoms with Gasteiger partial charge in [-0.15, -0.1) is 0 Å². The van der Waals surface area contributed by atoms with Crippen molar-refractivity contribution in [2.24, 2.45) is 0 Å². The summed E-state index contributed by atoms with van der Waals surface area (Å²) in [6.07, 6.45) is 0. The fraction of sp³-hybridized carbons (Fsp3) is 0. The van der Waals surface area contributed by atoms with Gasteiger partial charge in [0.15, 0.2) is 10.7 Å². The van der Waals surface area contributed by atoms with Crippen molar-refractivity contribution < 1.29 is 8.42 Å². The minimum Gasteiger partial charge on any atom is -0.297 e. The van der Waals surface area contributed by atoms with Crippen molar-refractivity contribution in [1.29, 1.82) is 5.41 Å². The fourth-order valence-corrected chi connectivity index (χ4v) is 0. The van der Waals surface area contributed by atoms with Gasteiger partial charge in [0.2, 0.25) is 0 Å². The summed E-state index contributed by atoms with van der Waals surface area (Å²) in [6, 6.07) is 0. The van der Waals surface area contributed by atoms with E-state index in [9.17, 15) is 0 Å². The number of nitrogens with one attached hydrogen (secondary N) is 1. The molecule has 0 aromatic heterocycles. The van der Waals surface area contributed by atoms with Crippen LogP contribution in [0.15, 0.2) is 0 Å². The molecule has 0 saturated carbocycles. The summed E-state index contributed by atoms with van der Waals surface area (Å²) in [7, 11) is -2.56. The zero-order chi connectivity index (χ0) is 4.28. The molecule has 0 fully saturated rings. The lowest BCUT2D eigenvalue weighted by molar-refractivity contribution is 0.624. The standard InChI is InChI=1S/CH3NO2S/c2-1-5(3)4/h1-2,5H. The first kappa shape index (κ1) is 4.62. The Morgan fingerprint density at radius 3 is 1.80 bits per heavy atom. The molecule has 0 spiro atoms. The van der Waals surface area contributed by atoms with E-state index in [0.717, 1.165) is 0 Å². The van der Waals surface area contributed by atoms with E-state index in [1.807, 2.05) is 0 Å². The third-order valence-electron chi connectivity index (χ3n) is 0.105. The van der Waals surface area contributed by atoms with Gasteiger partial charge in [0, 0.05) is 0 Å². The minimum atomic E-state index is -2.56. The van der Waals surface area contributed by atoms with Gasteiger partial charge in [-0.2, -0.15) is 0 Å². The first-order valence-corrected chi connectivity index (χ1v) is 2.16. The Morgan fingerprint density at radius 2 is 1.80 bits per heavy atom. The van der Waals surface area contributed by atoms with Crippen LogP contribution in [-0.4, -0.2) is 14.0 Å². The van der Waals surface area contributed by atoms with Crippen LogP contribution in [-0.2, 0) is 10.7 Å². The minimum absolute atomic E-state index is 0.370. The van der Waals surface area contributed by atoms with Crippen LogP contribution in [0.1, 0.15) is 0 Å². The second-order valence-electron chi connectivity index (χ2n) is 0.414. The molecule has 0 aromatic rings. The highest BCUT2D eigenvalue weighted by Crippen LogP contribution is 1.38. The Bertz CT molecular complexity index is 85.8. The SMILES string of the molecule is N=C[SH](=O)=O. The van der Waals surface area contributed by atoms with Crippen molar-refractivity contribution >= 4 is 16.3 Å². The van der Waals surface area contributed by atoms with Crippen LogP contribution in [0.5, 0.6) is 0 Å². The van der Waals surface area contributed by atoms with E-state index in [4.69, 9.17) is 13.8 Å². The van der Waals surface area contributed by atoms with E-state index in [0.29, 0.717) is 5.55 Å². The second kappa shape index (κ2) is 1.90. The van der Waals surface area contributed by atoms with Crippen LogP contribution in [0.3, 0.4) is 0 Å². The number of hydrogen-bond donors (Lipinski definition) is 2. The Hall–Kier alpha value is -0.380. The molecule has 0 aliphatic carbocycles. The number of hydrogen-bond acceptors (Lipinski definition) is 3. The zero-order valence-electron chi connectivity index (χ0n) is 2.34. The lowest BCUT2D eigenvalue weighted by atomic mass is 11.7. The normalized spacial score (nSPS) is 8.20. The molecule has 3 nitrogen and oxygen atoms in total. The van der Waals surface area contributed by atoms with E-state index < -0.39 is 10.7 Å². The first-order chi connectivity index (χ1) is 2.27. The van der Waals surface area contributed by atoms with Crippen molar-refractivity contribution in [3.05, 3.63) is 0 Å². The van der Waals surface area contributed by atoms with Crippen LogP contribution < -0.4 is 0 Å². The quantitative estimate of drug-likeness (QED) is 0.253. The maximum atomic E-state index is 9.16.